The SMILES string of the molecule is CCCC(=O)Nc1ccc(C(=O)COC(=O)c2ccccc2NC)cc1. The van der Waals surface area contributed by atoms with Gasteiger partial charge in [0.2, 0.25) is 5.91 Å². The summed E-state index contributed by atoms with van der Waals surface area (Å²) in [6.45, 7) is 1.58. The number of ketones is 1. The number of benzene rings is 2. The number of esters is 1. The summed E-state index contributed by atoms with van der Waals surface area (Å²) in [7, 11) is 1.71. The van der Waals surface area contributed by atoms with Gasteiger partial charge in [0.1, 0.15) is 0 Å². The number of hydrogen-bond acceptors (Lipinski definition) is 5. The summed E-state index contributed by atoms with van der Waals surface area (Å²) in [5, 5.41) is 5.66. The van der Waals surface area contributed by atoms with Crippen LogP contribution in [0.4, 0.5) is 11.4 Å². The van der Waals surface area contributed by atoms with Crippen LogP contribution in [0.3, 0.4) is 0 Å². The number of rotatable bonds is 8. The molecule has 0 unspecified atom stereocenters. The van der Waals surface area contributed by atoms with Crippen LogP contribution in [-0.2, 0) is 9.53 Å². The Morgan fingerprint density at radius 1 is 1.00 bits per heavy atom. The fourth-order valence-electron chi connectivity index (χ4n) is 2.36. The maximum Gasteiger partial charge on any atom is 0.340 e. The van der Waals surface area contributed by atoms with Crippen molar-refractivity contribution >= 4 is 29.0 Å². The molecule has 1 amide bonds. The number of anilines is 2. The molecule has 6 nitrogen and oxygen atoms in total. The van der Waals surface area contributed by atoms with Crippen molar-refractivity contribution in [3.63, 3.8) is 0 Å². The van der Waals surface area contributed by atoms with Gasteiger partial charge in [-0.15, -0.1) is 0 Å². The molecule has 0 saturated heterocycles. The molecular weight excluding hydrogens is 332 g/mol. The van der Waals surface area contributed by atoms with E-state index < -0.39 is 5.97 Å². The molecule has 0 saturated carbocycles. The lowest BCUT2D eigenvalue weighted by Gasteiger charge is -2.09. The van der Waals surface area contributed by atoms with E-state index in [0.717, 1.165) is 6.42 Å². The first kappa shape index (κ1) is 19.2. The molecule has 0 spiro atoms. The summed E-state index contributed by atoms with van der Waals surface area (Å²) in [6.07, 6.45) is 1.22. The molecule has 0 aliphatic carbocycles. The molecule has 136 valence electrons. The van der Waals surface area contributed by atoms with Gasteiger partial charge in [-0.25, -0.2) is 4.79 Å². The first-order chi connectivity index (χ1) is 12.5. The van der Waals surface area contributed by atoms with Crippen molar-refractivity contribution in [1.82, 2.24) is 0 Å². The first-order valence-corrected chi connectivity index (χ1v) is 8.42. The van der Waals surface area contributed by atoms with Gasteiger partial charge in [0.15, 0.2) is 12.4 Å². The first-order valence-electron chi connectivity index (χ1n) is 8.42. The highest BCUT2D eigenvalue weighted by Gasteiger charge is 2.14. The van der Waals surface area contributed by atoms with E-state index in [-0.39, 0.29) is 18.3 Å². The summed E-state index contributed by atoms with van der Waals surface area (Å²) < 4.78 is 5.12. The quantitative estimate of drug-likeness (QED) is 0.560. The molecule has 26 heavy (non-hydrogen) atoms. The van der Waals surface area contributed by atoms with Gasteiger partial charge in [-0.3, -0.25) is 9.59 Å². The van der Waals surface area contributed by atoms with Gasteiger partial charge in [0, 0.05) is 30.4 Å². The smallest absolute Gasteiger partial charge is 0.340 e. The topological polar surface area (TPSA) is 84.5 Å². The van der Waals surface area contributed by atoms with Crippen LogP contribution in [0.15, 0.2) is 48.5 Å². The normalized spacial score (nSPS) is 10.1. The van der Waals surface area contributed by atoms with Crippen LogP contribution in [-0.4, -0.2) is 31.3 Å². The molecule has 0 aliphatic rings. The van der Waals surface area contributed by atoms with Crippen LogP contribution in [0, 0.1) is 0 Å². The van der Waals surface area contributed by atoms with Gasteiger partial charge >= 0.3 is 5.97 Å². The van der Waals surface area contributed by atoms with E-state index >= 15 is 0 Å². The second-order valence-corrected chi connectivity index (χ2v) is 5.67. The van der Waals surface area contributed by atoms with Crippen molar-refractivity contribution in [1.29, 1.82) is 0 Å². The van der Waals surface area contributed by atoms with Gasteiger partial charge in [-0.2, -0.15) is 0 Å². The summed E-state index contributed by atoms with van der Waals surface area (Å²) in [6, 6.07) is 13.4. The Kier molecular flexibility index (Phi) is 6.91. The van der Waals surface area contributed by atoms with E-state index in [1.165, 1.54) is 0 Å². The molecule has 0 bridgehead atoms. The maximum absolute atomic E-state index is 12.2. The van der Waals surface area contributed by atoms with E-state index in [1.54, 1.807) is 55.6 Å². The molecule has 2 N–H and O–H groups in total. The number of nitrogens with one attached hydrogen (secondary N) is 2. The predicted octanol–water partition coefficient (Wildman–Crippen LogP) is 3.51. The molecule has 2 rings (SSSR count). The van der Waals surface area contributed by atoms with Crippen molar-refractivity contribution in [2.24, 2.45) is 0 Å². The Labute approximate surface area is 152 Å². The molecule has 2 aromatic carbocycles. The van der Waals surface area contributed by atoms with Crippen LogP contribution >= 0.6 is 0 Å². The summed E-state index contributed by atoms with van der Waals surface area (Å²) in [5.41, 5.74) is 2.04. The number of ether oxygens (including phenoxy) is 1. The Bertz CT molecular complexity index is 785. The van der Waals surface area contributed by atoms with E-state index in [9.17, 15) is 14.4 Å². The number of hydrogen-bond donors (Lipinski definition) is 2. The largest absolute Gasteiger partial charge is 0.454 e. The van der Waals surface area contributed by atoms with Crippen LogP contribution < -0.4 is 10.6 Å². The van der Waals surface area contributed by atoms with Crippen LogP contribution in [0.5, 0.6) is 0 Å². The highest BCUT2D eigenvalue weighted by Crippen LogP contribution is 2.16. The lowest BCUT2D eigenvalue weighted by molar-refractivity contribution is -0.116. The molecule has 0 aromatic heterocycles. The average Bonchev–Trinajstić information content (AvgIpc) is 2.66. The van der Waals surface area contributed by atoms with Crippen LogP contribution in [0.25, 0.3) is 0 Å². The summed E-state index contributed by atoms with van der Waals surface area (Å²) in [4.78, 5) is 35.9. The monoisotopic (exact) mass is 354 g/mol. The van der Waals surface area contributed by atoms with Crippen molar-refractivity contribution < 1.29 is 19.1 Å². The molecule has 2 aromatic rings. The maximum atomic E-state index is 12.2. The minimum absolute atomic E-state index is 0.0660. The van der Waals surface area contributed by atoms with E-state index in [0.29, 0.717) is 28.9 Å². The van der Waals surface area contributed by atoms with Crippen molar-refractivity contribution in [2.75, 3.05) is 24.3 Å². The molecule has 0 fully saturated rings. The van der Waals surface area contributed by atoms with Crippen molar-refractivity contribution in [3.05, 3.63) is 59.7 Å². The second kappa shape index (κ2) is 9.36. The number of carbonyl (C=O) groups excluding carboxylic acids is 3. The highest BCUT2D eigenvalue weighted by atomic mass is 16.5. The number of carbonyl (C=O) groups is 3. The molecule has 0 aliphatic heterocycles. The Morgan fingerprint density at radius 3 is 2.35 bits per heavy atom. The lowest BCUT2D eigenvalue weighted by atomic mass is 10.1. The third-order valence-corrected chi connectivity index (χ3v) is 3.72. The Morgan fingerprint density at radius 2 is 1.69 bits per heavy atom. The van der Waals surface area contributed by atoms with Gasteiger partial charge in [-0.05, 0) is 42.8 Å². The van der Waals surface area contributed by atoms with Crippen LogP contribution in [0.2, 0.25) is 0 Å². The highest BCUT2D eigenvalue weighted by molar-refractivity contribution is 6.01. The third-order valence-electron chi connectivity index (χ3n) is 3.72. The molecule has 6 heteroatoms. The van der Waals surface area contributed by atoms with Crippen molar-refractivity contribution in [3.8, 4) is 0 Å². The zero-order valence-electron chi connectivity index (χ0n) is 14.9. The van der Waals surface area contributed by atoms with Gasteiger partial charge in [-0.1, -0.05) is 19.1 Å². The van der Waals surface area contributed by atoms with Gasteiger partial charge < -0.3 is 15.4 Å². The predicted molar refractivity (Wildman–Crippen MR) is 101 cm³/mol. The summed E-state index contributed by atoms with van der Waals surface area (Å²) >= 11 is 0. The van der Waals surface area contributed by atoms with E-state index in [2.05, 4.69) is 10.6 Å². The zero-order chi connectivity index (χ0) is 18.9. The zero-order valence-corrected chi connectivity index (χ0v) is 14.9. The minimum Gasteiger partial charge on any atom is -0.454 e. The lowest BCUT2D eigenvalue weighted by Crippen LogP contribution is -2.15. The fourth-order valence-corrected chi connectivity index (χ4v) is 2.36. The number of Topliss-reactive ketones (excluding diaryl/α,β-unsaturated/α-hetero) is 1. The molecule has 0 heterocycles. The Hall–Kier alpha value is -3.15. The van der Waals surface area contributed by atoms with Gasteiger partial charge in [0.05, 0.1) is 5.56 Å². The average molecular weight is 354 g/mol. The summed E-state index contributed by atoms with van der Waals surface area (Å²) in [5.74, 6) is -0.942. The van der Waals surface area contributed by atoms with E-state index in [4.69, 9.17) is 4.74 Å². The second-order valence-electron chi connectivity index (χ2n) is 5.67. The van der Waals surface area contributed by atoms with Crippen LogP contribution in [0.1, 0.15) is 40.5 Å². The number of amides is 1. The van der Waals surface area contributed by atoms with Crippen molar-refractivity contribution in [2.45, 2.75) is 19.8 Å². The fraction of sp³-hybridized carbons (Fsp3) is 0.250. The molecule has 0 atom stereocenters. The third kappa shape index (κ3) is 5.17. The number of para-hydroxylation sites is 1. The standard InChI is InChI=1S/C20H22N2O4/c1-3-6-19(24)22-15-11-9-14(10-12-15)18(23)13-26-20(25)16-7-4-5-8-17(16)21-2/h4-5,7-12,21H,3,6,13H2,1-2H3,(H,22,24). The Balaban J connectivity index is 1.93. The van der Waals surface area contributed by atoms with E-state index in [1.807, 2.05) is 6.92 Å². The molecular formula is C20H22N2O4. The van der Waals surface area contributed by atoms with Gasteiger partial charge in [0.25, 0.3) is 0 Å². The molecule has 0 radical (unpaired) electrons. The minimum atomic E-state index is -0.563.